The van der Waals surface area contributed by atoms with Crippen molar-refractivity contribution in [2.24, 2.45) is 13.0 Å². The van der Waals surface area contributed by atoms with E-state index < -0.39 is 7.82 Å². The van der Waals surface area contributed by atoms with Crippen LogP contribution in [0.4, 0.5) is 4.39 Å². The van der Waals surface area contributed by atoms with Crippen LogP contribution in [-0.2, 0) is 23.0 Å². The predicted molar refractivity (Wildman–Crippen MR) is 140 cm³/mol. The van der Waals surface area contributed by atoms with Gasteiger partial charge in [-0.2, -0.15) is 0 Å². The largest absolute Gasteiger partial charge is 0.525 e. The first-order valence-corrected chi connectivity index (χ1v) is 13.4. The van der Waals surface area contributed by atoms with Gasteiger partial charge >= 0.3 is 7.82 Å². The van der Waals surface area contributed by atoms with Crippen molar-refractivity contribution in [2.75, 3.05) is 14.2 Å². The van der Waals surface area contributed by atoms with E-state index in [0.29, 0.717) is 12.1 Å². The summed E-state index contributed by atoms with van der Waals surface area (Å²) in [6, 6.07) is 11.5. The lowest BCUT2D eigenvalue weighted by Crippen LogP contribution is -2.26. The highest BCUT2D eigenvalue weighted by atomic mass is 31.2. The molecule has 202 valence electrons. The highest BCUT2D eigenvalue weighted by molar-refractivity contribution is 7.46. The number of allylic oxidation sites excluding steroid dienone is 1. The van der Waals surface area contributed by atoms with Crippen LogP contribution < -0.4 is 19.3 Å². The zero-order valence-corrected chi connectivity index (χ0v) is 22.4. The molecule has 2 aromatic carbocycles. The molecule has 1 amide bonds. The molecule has 0 saturated heterocycles. The van der Waals surface area contributed by atoms with E-state index in [4.69, 9.17) is 14.0 Å². The van der Waals surface area contributed by atoms with Gasteiger partial charge < -0.3 is 23.9 Å². The Morgan fingerprint density at radius 2 is 1.84 bits per heavy atom. The van der Waals surface area contributed by atoms with Crippen LogP contribution in [0.25, 0.3) is 11.6 Å². The van der Waals surface area contributed by atoms with Crippen molar-refractivity contribution >= 4 is 25.4 Å². The number of aromatic nitrogens is 1. The minimum absolute atomic E-state index is 0.0705. The summed E-state index contributed by atoms with van der Waals surface area (Å²) in [5, 5.41) is 2.95. The molecule has 9 nitrogen and oxygen atoms in total. The molecule has 11 heteroatoms. The minimum atomic E-state index is -4.87. The third-order valence-electron chi connectivity index (χ3n) is 6.76. The van der Waals surface area contributed by atoms with Crippen molar-refractivity contribution in [1.29, 1.82) is 0 Å². The molecule has 1 aromatic heterocycles. The Bertz CT molecular complexity index is 1400. The number of carbonyl (C=O) groups excluding carboxylic acids is 1. The Morgan fingerprint density at radius 1 is 1.16 bits per heavy atom. The van der Waals surface area contributed by atoms with Crippen LogP contribution in [0, 0.1) is 11.7 Å². The Hall–Kier alpha value is -3.59. The molecule has 0 bridgehead atoms. The number of halogens is 1. The molecule has 2 unspecified atom stereocenters. The van der Waals surface area contributed by atoms with Crippen molar-refractivity contribution < 1.29 is 37.5 Å². The van der Waals surface area contributed by atoms with Gasteiger partial charge in [0.15, 0.2) is 11.5 Å². The number of nitrogens with one attached hydrogen (secondary N) is 1. The molecule has 3 aromatic rings. The van der Waals surface area contributed by atoms with Gasteiger partial charge in [0.05, 0.1) is 20.8 Å². The quantitative estimate of drug-likeness (QED) is 0.336. The number of hydrogen-bond donors (Lipinski definition) is 3. The number of nitrogens with zero attached hydrogens (tertiary/aromatic N) is 1. The molecule has 0 saturated carbocycles. The third kappa shape index (κ3) is 5.93. The van der Waals surface area contributed by atoms with Gasteiger partial charge in [0.2, 0.25) is 11.7 Å². The first-order valence-electron chi connectivity index (χ1n) is 11.9. The topological polar surface area (TPSA) is 119 Å². The van der Waals surface area contributed by atoms with Crippen LogP contribution in [0.3, 0.4) is 0 Å². The number of fused-ring (bicyclic) bond motifs is 1. The van der Waals surface area contributed by atoms with Gasteiger partial charge in [-0.25, -0.2) is 8.96 Å². The summed E-state index contributed by atoms with van der Waals surface area (Å²) in [7, 11) is -0.267. The molecule has 1 heterocycles. The average molecular weight is 545 g/mol. The van der Waals surface area contributed by atoms with E-state index in [2.05, 4.69) is 5.32 Å². The van der Waals surface area contributed by atoms with E-state index in [0.717, 1.165) is 22.4 Å². The average Bonchev–Trinajstić information content (AvgIpc) is 3.38. The van der Waals surface area contributed by atoms with E-state index in [1.807, 2.05) is 42.9 Å². The van der Waals surface area contributed by atoms with Crippen LogP contribution >= 0.6 is 7.82 Å². The molecule has 2 atom stereocenters. The highest BCUT2D eigenvalue weighted by Crippen LogP contribution is 2.51. The summed E-state index contributed by atoms with van der Waals surface area (Å²) in [5.74, 6) is -0.977. The Kier molecular flexibility index (Phi) is 7.97. The van der Waals surface area contributed by atoms with Gasteiger partial charge in [-0.1, -0.05) is 19.1 Å². The van der Waals surface area contributed by atoms with Gasteiger partial charge in [-0.15, -0.1) is 0 Å². The number of benzene rings is 2. The summed E-state index contributed by atoms with van der Waals surface area (Å²) in [5.41, 5.74) is 4.04. The number of rotatable bonds is 9. The number of carbonyl (C=O) groups is 1. The summed E-state index contributed by atoms with van der Waals surface area (Å²) in [4.78, 5) is 31.5. The van der Waals surface area contributed by atoms with E-state index in [-0.39, 0.29) is 47.2 Å². The van der Waals surface area contributed by atoms with E-state index in [1.54, 1.807) is 18.2 Å². The fourth-order valence-electron chi connectivity index (χ4n) is 4.84. The van der Waals surface area contributed by atoms with Crippen molar-refractivity contribution in [3.63, 3.8) is 0 Å². The van der Waals surface area contributed by atoms with Crippen molar-refractivity contribution in [3.8, 4) is 17.2 Å². The van der Waals surface area contributed by atoms with Crippen LogP contribution in [0.5, 0.6) is 17.2 Å². The summed E-state index contributed by atoms with van der Waals surface area (Å²) < 4.78 is 43.1. The monoisotopic (exact) mass is 544 g/mol. The van der Waals surface area contributed by atoms with Gasteiger partial charge in [-0.05, 0) is 70.5 Å². The minimum Gasteiger partial charge on any atom is -0.493 e. The predicted octanol–water partition coefficient (Wildman–Crippen LogP) is 4.63. The van der Waals surface area contributed by atoms with Crippen LogP contribution in [0.1, 0.15) is 41.6 Å². The van der Waals surface area contributed by atoms with E-state index in [1.165, 1.54) is 26.4 Å². The van der Waals surface area contributed by atoms with Gasteiger partial charge in [0, 0.05) is 25.4 Å². The number of methoxy groups -OCH3 is 2. The molecular formula is C27H30FN2O7P. The van der Waals surface area contributed by atoms with Crippen molar-refractivity contribution in [1.82, 2.24) is 9.88 Å². The number of phosphoric acid groups is 1. The second-order valence-corrected chi connectivity index (χ2v) is 10.3. The zero-order valence-electron chi connectivity index (χ0n) is 21.5. The second kappa shape index (κ2) is 11.0. The lowest BCUT2D eigenvalue weighted by Gasteiger charge is -2.18. The Labute approximate surface area is 220 Å². The normalized spacial score (nSPS) is 17.8. The van der Waals surface area contributed by atoms with Crippen LogP contribution in [0.15, 0.2) is 48.7 Å². The molecule has 0 fully saturated rings. The third-order valence-corrected chi connectivity index (χ3v) is 7.18. The Morgan fingerprint density at radius 3 is 2.42 bits per heavy atom. The highest BCUT2D eigenvalue weighted by Gasteiger charge is 2.35. The molecule has 0 radical (unpaired) electrons. The maximum Gasteiger partial charge on any atom is 0.525 e. The number of aryl methyl sites for hydroxylation is 1. The fraction of sp³-hybridized carbons (Fsp3) is 0.296. The standard InChI is InChI=1S/C27H30FN2O7P/c1-16-21(10-17-11-24(35-3)27(25(12-17)36-4)37-38(32,33)34)20-8-7-18(28)13-23(20)22(16)14-26(31)29-15-19-6-5-9-30(19)2/h5-13,16,22H,14-15H2,1-4H3,(H,29,31)(H2,32,33,34)/b21-10-. The molecule has 0 aliphatic heterocycles. The summed E-state index contributed by atoms with van der Waals surface area (Å²) in [6.45, 7) is 2.38. The Balaban J connectivity index is 1.66. The van der Waals surface area contributed by atoms with Crippen LogP contribution in [-0.4, -0.2) is 34.5 Å². The molecular weight excluding hydrogens is 514 g/mol. The molecule has 38 heavy (non-hydrogen) atoms. The smallest absolute Gasteiger partial charge is 0.493 e. The van der Waals surface area contributed by atoms with Crippen LogP contribution in [0.2, 0.25) is 0 Å². The van der Waals surface area contributed by atoms with E-state index in [9.17, 15) is 23.5 Å². The first-order chi connectivity index (χ1) is 18.0. The van der Waals surface area contributed by atoms with Crippen molar-refractivity contribution in [2.45, 2.75) is 25.8 Å². The fourth-order valence-corrected chi connectivity index (χ4v) is 5.26. The van der Waals surface area contributed by atoms with E-state index >= 15 is 0 Å². The molecule has 4 rings (SSSR count). The number of hydrogen-bond acceptors (Lipinski definition) is 5. The number of ether oxygens (including phenoxy) is 2. The van der Waals surface area contributed by atoms with Gasteiger partial charge in [0.25, 0.3) is 0 Å². The number of amides is 1. The SMILES string of the molecule is COc1cc(/C=C2\c3ccc(F)cc3C(CC(=O)NCc3cccn3C)C2C)cc(OC)c1OP(=O)(O)O. The van der Waals surface area contributed by atoms with Gasteiger partial charge in [-0.3, -0.25) is 14.6 Å². The first kappa shape index (κ1) is 27.4. The number of phosphoric ester groups is 1. The zero-order chi connectivity index (χ0) is 27.6. The van der Waals surface area contributed by atoms with Crippen molar-refractivity contribution in [3.05, 3.63) is 76.9 Å². The molecule has 3 N–H and O–H groups in total. The van der Waals surface area contributed by atoms with Gasteiger partial charge in [0.1, 0.15) is 5.82 Å². The lowest BCUT2D eigenvalue weighted by molar-refractivity contribution is -0.121. The summed E-state index contributed by atoms with van der Waals surface area (Å²) >= 11 is 0. The maximum atomic E-state index is 14.3. The maximum absolute atomic E-state index is 14.3. The summed E-state index contributed by atoms with van der Waals surface area (Å²) in [6.07, 6.45) is 3.96. The second-order valence-electron chi connectivity index (χ2n) is 9.15. The lowest BCUT2D eigenvalue weighted by atomic mass is 9.88. The molecule has 1 aliphatic rings. The molecule has 0 spiro atoms. The molecule has 1 aliphatic carbocycles.